The second kappa shape index (κ2) is 11.5. The van der Waals surface area contributed by atoms with Gasteiger partial charge >= 0.3 is 11.4 Å². The molecule has 0 spiro atoms. The molecule has 13 heteroatoms. The summed E-state index contributed by atoms with van der Waals surface area (Å²) in [4.78, 5) is 41.7. The number of carbonyl (C=O) groups is 1. The van der Waals surface area contributed by atoms with Crippen LogP contribution in [0.25, 0.3) is 0 Å². The molecule has 2 aromatic carbocycles. The highest BCUT2D eigenvalue weighted by atomic mass is 16.6. The van der Waals surface area contributed by atoms with Gasteiger partial charge in [0.15, 0.2) is 0 Å². The SMILES string of the molecule is Cc1ccc(NCC(=O)N2CCCCC2)cc1C.O=[N+]([O-])c1cc([N+](=O)[O-])c(O)c([N+](=O)[O-])c1. The summed E-state index contributed by atoms with van der Waals surface area (Å²) in [5.41, 5.74) is 0.565. The van der Waals surface area contributed by atoms with E-state index in [1.165, 1.54) is 17.5 Å². The number of anilines is 1. The standard InChI is InChI=1S/C15H22N2O.C6H3N3O7/c1-12-6-7-14(10-13(12)2)16-11-15(18)17-8-4-3-5-9-17;10-6-4(8(13)14)1-3(7(11)12)2-5(6)9(15)16/h6-7,10,16H,3-5,8-9,11H2,1-2H3;1-2,10H. The molecule has 1 aliphatic rings. The van der Waals surface area contributed by atoms with Gasteiger partial charge < -0.3 is 15.3 Å². The Morgan fingerprint density at radius 2 is 1.47 bits per heavy atom. The van der Waals surface area contributed by atoms with Gasteiger partial charge in [0.2, 0.25) is 5.91 Å². The molecule has 1 saturated heterocycles. The van der Waals surface area contributed by atoms with E-state index < -0.39 is 37.6 Å². The molecule has 1 amide bonds. The molecule has 1 fully saturated rings. The number of carbonyl (C=O) groups excluding carboxylic acids is 1. The monoisotopic (exact) mass is 475 g/mol. The summed E-state index contributed by atoms with van der Waals surface area (Å²) in [5, 5.41) is 43.4. The molecule has 0 atom stereocenters. The first-order chi connectivity index (χ1) is 16.0. The van der Waals surface area contributed by atoms with E-state index >= 15 is 0 Å². The molecule has 1 heterocycles. The number of non-ortho nitro benzene ring substituents is 1. The molecule has 182 valence electrons. The van der Waals surface area contributed by atoms with Crippen LogP contribution in [0.3, 0.4) is 0 Å². The van der Waals surface area contributed by atoms with Crippen LogP contribution in [0.15, 0.2) is 30.3 Å². The molecule has 0 aliphatic carbocycles. The van der Waals surface area contributed by atoms with Crippen molar-refractivity contribution in [3.05, 3.63) is 71.8 Å². The fourth-order valence-corrected chi connectivity index (χ4v) is 3.26. The molecular weight excluding hydrogens is 450 g/mol. The van der Waals surface area contributed by atoms with Crippen LogP contribution in [-0.4, -0.2) is 50.3 Å². The van der Waals surface area contributed by atoms with Gasteiger partial charge in [0.05, 0.1) is 33.4 Å². The summed E-state index contributed by atoms with van der Waals surface area (Å²) >= 11 is 0. The first-order valence-corrected chi connectivity index (χ1v) is 10.4. The van der Waals surface area contributed by atoms with Gasteiger partial charge in [-0.15, -0.1) is 0 Å². The van der Waals surface area contributed by atoms with Gasteiger partial charge in [0.25, 0.3) is 11.4 Å². The molecule has 2 aromatic rings. The Balaban J connectivity index is 0.000000242. The van der Waals surface area contributed by atoms with Gasteiger partial charge in [-0.1, -0.05) is 6.07 Å². The smallest absolute Gasteiger partial charge is 0.324 e. The first-order valence-electron chi connectivity index (χ1n) is 10.4. The highest BCUT2D eigenvalue weighted by molar-refractivity contribution is 5.81. The second-order valence-electron chi connectivity index (χ2n) is 7.70. The average molecular weight is 475 g/mol. The summed E-state index contributed by atoms with van der Waals surface area (Å²) in [6.45, 7) is 6.44. The van der Waals surface area contributed by atoms with Crippen molar-refractivity contribution in [3.63, 3.8) is 0 Å². The number of phenols is 1. The molecule has 0 aromatic heterocycles. The number of benzene rings is 2. The summed E-state index contributed by atoms with van der Waals surface area (Å²) in [5.74, 6) is -0.992. The topological polar surface area (TPSA) is 182 Å². The van der Waals surface area contributed by atoms with Crippen LogP contribution in [0, 0.1) is 44.2 Å². The van der Waals surface area contributed by atoms with Crippen molar-refractivity contribution in [1.82, 2.24) is 4.90 Å². The van der Waals surface area contributed by atoms with E-state index in [-0.39, 0.29) is 5.91 Å². The van der Waals surface area contributed by atoms with Crippen molar-refractivity contribution in [2.24, 2.45) is 0 Å². The number of amides is 1. The van der Waals surface area contributed by atoms with Crippen molar-refractivity contribution in [1.29, 1.82) is 0 Å². The van der Waals surface area contributed by atoms with Gasteiger partial charge in [0, 0.05) is 18.8 Å². The Kier molecular flexibility index (Phi) is 8.81. The summed E-state index contributed by atoms with van der Waals surface area (Å²) in [7, 11) is 0. The lowest BCUT2D eigenvalue weighted by molar-refractivity contribution is -0.404. The lowest BCUT2D eigenvalue weighted by Gasteiger charge is -2.27. The van der Waals surface area contributed by atoms with Crippen molar-refractivity contribution in [2.45, 2.75) is 33.1 Å². The second-order valence-corrected chi connectivity index (χ2v) is 7.70. The predicted octanol–water partition coefficient (Wildman–Crippen LogP) is 3.84. The van der Waals surface area contributed by atoms with Crippen LogP contribution in [0.1, 0.15) is 30.4 Å². The minimum absolute atomic E-state index is 0.216. The maximum Gasteiger partial charge on any atom is 0.324 e. The molecule has 0 saturated carbocycles. The molecule has 0 radical (unpaired) electrons. The van der Waals surface area contributed by atoms with Crippen molar-refractivity contribution >= 4 is 28.7 Å². The van der Waals surface area contributed by atoms with Crippen LogP contribution in [0.2, 0.25) is 0 Å². The van der Waals surface area contributed by atoms with E-state index in [0.717, 1.165) is 31.6 Å². The lowest BCUT2D eigenvalue weighted by atomic mass is 10.1. The molecule has 3 rings (SSSR count). The van der Waals surface area contributed by atoms with Crippen LogP contribution in [0.5, 0.6) is 5.75 Å². The lowest BCUT2D eigenvalue weighted by Crippen LogP contribution is -2.39. The number of rotatable bonds is 6. The number of aromatic hydroxyl groups is 1. The normalized spacial score (nSPS) is 12.8. The van der Waals surface area contributed by atoms with Crippen LogP contribution in [-0.2, 0) is 4.79 Å². The van der Waals surface area contributed by atoms with E-state index in [9.17, 15) is 35.1 Å². The Bertz CT molecular complexity index is 1060. The largest absolute Gasteiger partial charge is 0.497 e. The first kappa shape index (κ1) is 26.0. The van der Waals surface area contributed by atoms with Gasteiger partial charge in [0.1, 0.15) is 0 Å². The summed E-state index contributed by atoms with van der Waals surface area (Å²) in [6.07, 6.45) is 3.55. The zero-order chi connectivity index (χ0) is 25.4. The van der Waals surface area contributed by atoms with Crippen molar-refractivity contribution in [2.75, 3.05) is 25.0 Å². The third-order valence-electron chi connectivity index (χ3n) is 5.32. The third-order valence-corrected chi connectivity index (χ3v) is 5.32. The third kappa shape index (κ3) is 6.85. The number of hydrogen-bond donors (Lipinski definition) is 2. The Morgan fingerprint density at radius 3 is 1.94 bits per heavy atom. The number of likely N-dealkylation sites (tertiary alicyclic amines) is 1. The van der Waals surface area contributed by atoms with Crippen molar-refractivity contribution in [3.8, 4) is 5.75 Å². The summed E-state index contributed by atoms with van der Waals surface area (Å²) in [6, 6.07) is 7.11. The van der Waals surface area contributed by atoms with Gasteiger partial charge in [-0.2, -0.15) is 0 Å². The van der Waals surface area contributed by atoms with E-state index in [2.05, 4.69) is 31.3 Å². The molecule has 2 N–H and O–H groups in total. The molecule has 0 bridgehead atoms. The Hall–Kier alpha value is -4.29. The van der Waals surface area contributed by atoms with Crippen molar-refractivity contribution < 1.29 is 24.7 Å². The summed E-state index contributed by atoms with van der Waals surface area (Å²) < 4.78 is 0. The highest BCUT2D eigenvalue weighted by Crippen LogP contribution is 2.38. The number of hydrogen-bond acceptors (Lipinski definition) is 9. The minimum Gasteiger partial charge on any atom is -0.497 e. The zero-order valence-corrected chi connectivity index (χ0v) is 18.7. The number of phenolic OH excluding ortho intramolecular Hbond substituents is 1. The van der Waals surface area contributed by atoms with E-state index in [0.29, 0.717) is 18.7 Å². The fourth-order valence-electron chi connectivity index (χ4n) is 3.26. The van der Waals surface area contributed by atoms with Gasteiger partial charge in [-0.25, -0.2) is 0 Å². The predicted molar refractivity (Wildman–Crippen MR) is 123 cm³/mol. The molecule has 1 aliphatic heterocycles. The van der Waals surface area contributed by atoms with E-state index in [4.69, 9.17) is 5.11 Å². The quantitative estimate of drug-likeness (QED) is 0.463. The molecule has 0 unspecified atom stereocenters. The maximum atomic E-state index is 12.0. The maximum absolute atomic E-state index is 12.0. The Morgan fingerprint density at radius 1 is 0.912 bits per heavy atom. The van der Waals surface area contributed by atoms with Gasteiger partial charge in [-0.05, 0) is 56.4 Å². The Labute approximate surface area is 194 Å². The van der Waals surface area contributed by atoms with E-state index in [1.807, 2.05) is 11.0 Å². The van der Waals surface area contributed by atoms with Gasteiger partial charge in [-0.3, -0.25) is 35.1 Å². The zero-order valence-electron chi connectivity index (χ0n) is 18.7. The van der Waals surface area contributed by atoms with E-state index in [1.54, 1.807) is 0 Å². The molecule has 13 nitrogen and oxygen atoms in total. The average Bonchev–Trinajstić information content (AvgIpc) is 2.80. The van der Waals surface area contributed by atoms with Crippen LogP contribution < -0.4 is 5.32 Å². The number of nitrogens with zero attached hydrogens (tertiary/aromatic N) is 4. The number of piperidine rings is 1. The van der Waals surface area contributed by atoms with Crippen LogP contribution >= 0.6 is 0 Å². The fraction of sp³-hybridized carbons (Fsp3) is 0.381. The number of nitrogens with one attached hydrogen (secondary N) is 1. The molecule has 34 heavy (non-hydrogen) atoms. The molecular formula is C21H25N5O8. The minimum atomic E-state index is -1.21. The number of aryl methyl sites for hydroxylation is 2. The number of nitro groups is 3. The number of nitro benzene ring substituents is 3. The highest BCUT2D eigenvalue weighted by Gasteiger charge is 2.30. The van der Waals surface area contributed by atoms with Crippen LogP contribution in [0.4, 0.5) is 22.7 Å².